The van der Waals surface area contributed by atoms with Gasteiger partial charge in [-0.2, -0.15) is 0 Å². The number of anilines is 2. The number of carbonyl (C=O) groups is 2. The Labute approximate surface area is 216 Å². The zero-order chi connectivity index (χ0) is 25.7. The van der Waals surface area contributed by atoms with E-state index in [0.717, 1.165) is 30.3 Å². The second-order valence-electron chi connectivity index (χ2n) is 7.69. The number of carbonyl (C=O) groups excluding carboxylic acids is 2. The van der Waals surface area contributed by atoms with Gasteiger partial charge < -0.3 is 10.6 Å². The molecular weight excluding hydrogens is 554 g/mol. The average molecular weight is 566 g/mol. The van der Waals surface area contributed by atoms with E-state index in [-0.39, 0.29) is 16.4 Å². The van der Waals surface area contributed by atoms with Crippen molar-refractivity contribution < 1.29 is 27.2 Å². The molecule has 3 aromatic rings. The number of nitrogens with one attached hydrogen (secondary N) is 2. The Balaban J connectivity index is 1.55. The zero-order valence-corrected chi connectivity index (χ0v) is 20.1. The minimum absolute atomic E-state index is 0.159. The van der Waals surface area contributed by atoms with Gasteiger partial charge in [-0.1, -0.05) is 29.3 Å². The number of alkyl halides is 2. The van der Waals surface area contributed by atoms with Gasteiger partial charge in [0.05, 0.1) is 27.2 Å². The predicted molar refractivity (Wildman–Crippen MR) is 126 cm³/mol. The summed E-state index contributed by atoms with van der Waals surface area (Å²) in [5.74, 6) is -7.07. The quantitative estimate of drug-likeness (QED) is 0.251. The molecule has 12 heteroatoms. The van der Waals surface area contributed by atoms with Crippen molar-refractivity contribution in [3.05, 3.63) is 93.0 Å². The number of amides is 2. The summed E-state index contributed by atoms with van der Waals surface area (Å²) in [4.78, 5) is 25.4. The standard InChI is InChI=1S/C23H12Cl4F4N2O2/c24-13-5-9(1-3-14(13)29)18-19(23(18,26)27)22(35)32-11-7-12(20(25)16(31)8-11)21(34)33-17-4-2-10(28)6-15(17)30/h1-8,18-19H,(H,32,35)(H,33,34)/t18-,19+/m0/s1. The fourth-order valence-corrected chi connectivity index (χ4v) is 4.81. The van der Waals surface area contributed by atoms with Crippen molar-refractivity contribution in [1.29, 1.82) is 0 Å². The smallest absolute Gasteiger partial charge is 0.257 e. The molecule has 0 aromatic heterocycles. The lowest BCUT2D eigenvalue weighted by Crippen LogP contribution is -2.19. The lowest BCUT2D eigenvalue weighted by Gasteiger charge is -2.12. The van der Waals surface area contributed by atoms with Crippen LogP contribution in [0.4, 0.5) is 28.9 Å². The molecule has 1 aliphatic carbocycles. The highest BCUT2D eigenvalue weighted by Gasteiger charge is 2.67. The van der Waals surface area contributed by atoms with Gasteiger partial charge in [0.25, 0.3) is 5.91 Å². The zero-order valence-electron chi connectivity index (χ0n) is 17.1. The molecule has 0 unspecified atom stereocenters. The normalized spacial score (nSPS) is 18.2. The fourth-order valence-electron chi connectivity index (χ4n) is 3.60. The second-order valence-corrected chi connectivity index (χ2v) is 9.92. The first-order chi connectivity index (χ1) is 16.4. The molecule has 0 heterocycles. The molecule has 2 amide bonds. The molecule has 3 aromatic carbocycles. The highest BCUT2D eigenvalue weighted by Crippen LogP contribution is 2.65. The number of hydrogen-bond donors (Lipinski definition) is 2. The van der Waals surface area contributed by atoms with Crippen molar-refractivity contribution in [1.82, 2.24) is 0 Å². The third-order valence-electron chi connectivity index (χ3n) is 5.36. The largest absolute Gasteiger partial charge is 0.326 e. The number of benzene rings is 3. The molecule has 1 fully saturated rings. The third kappa shape index (κ3) is 5.07. The van der Waals surface area contributed by atoms with Gasteiger partial charge >= 0.3 is 0 Å². The van der Waals surface area contributed by atoms with Gasteiger partial charge in [0.1, 0.15) is 27.6 Å². The van der Waals surface area contributed by atoms with Crippen LogP contribution in [0.15, 0.2) is 48.5 Å². The van der Waals surface area contributed by atoms with Crippen molar-refractivity contribution in [3.63, 3.8) is 0 Å². The van der Waals surface area contributed by atoms with Crippen molar-refractivity contribution in [2.45, 2.75) is 10.3 Å². The van der Waals surface area contributed by atoms with Crippen LogP contribution in [0.25, 0.3) is 0 Å². The maximum atomic E-state index is 14.4. The first-order valence-corrected chi connectivity index (χ1v) is 11.3. The van der Waals surface area contributed by atoms with Gasteiger partial charge in [-0.15, -0.1) is 23.2 Å². The second kappa shape index (κ2) is 9.50. The Morgan fingerprint density at radius 3 is 2.20 bits per heavy atom. The Morgan fingerprint density at radius 2 is 1.54 bits per heavy atom. The van der Waals surface area contributed by atoms with Crippen LogP contribution in [-0.2, 0) is 4.79 Å². The van der Waals surface area contributed by atoms with Gasteiger partial charge in [0.15, 0.2) is 0 Å². The SMILES string of the molecule is O=C(Nc1ccc(F)cc1F)c1cc(NC(=O)[C@H]2[C@H](c3ccc(F)c(Cl)c3)C2(Cl)Cl)cc(F)c1Cl. The maximum Gasteiger partial charge on any atom is 0.257 e. The Kier molecular flexibility index (Phi) is 6.94. The van der Waals surface area contributed by atoms with E-state index in [1.165, 1.54) is 12.1 Å². The highest BCUT2D eigenvalue weighted by molar-refractivity contribution is 6.53. The molecule has 1 aliphatic rings. The predicted octanol–water partition coefficient (Wildman–Crippen LogP) is 7.33. The van der Waals surface area contributed by atoms with E-state index in [9.17, 15) is 27.2 Å². The third-order valence-corrected chi connectivity index (χ3v) is 6.97. The van der Waals surface area contributed by atoms with E-state index in [1.807, 2.05) is 0 Å². The molecule has 1 saturated carbocycles. The minimum Gasteiger partial charge on any atom is -0.326 e. The molecule has 0 aliphatic heterocycles. The van der Waals surface area contributed by atoms with Crippen molar-refractivity contribution in [2.24, 2.45) is 5.92 Å². The molecule has 0 bridgehead atoms. The summed E-state index contributed by atoms with van der Waals surface area (Å²) in [6.07, 6.45) is 0. The maximum absolute atomic E-state index is 14.4. The lowest BCUT2D eigenvalue weighted by molar-refractivity contribution is -0.117. The summed E-state index contributed by atoms with van der Waals surface area (Å²) in [5, 5.41) is 3.81. The number of hydrogen-bond acceptors (Lipinski definition) is 2. The van der Waals surface area contributed by atoms with Crippen LogP contribution in [0.3, 0.4) is 0 Å². The summed E-state index contributed by atoms with van der Waals surface area (Å²) in [6, 6.07) is 8.18. The summed E-state index contributed by atoms with van der Waals surface area (Å²) in [5.41, 5.74) is -0.527. The van der Waals surface area contributed by atoms with Crippen molar-refractivity contribution >= 4 is 69.6 Å². The minimum atomic E-state index is -1.55. The first-order valence-electron chi connectivity index (χ1n) is 9.79. The van der Waals surface area contributed by atoms with E-state index in [2.05, 4.69) is 10.6 Å². The molecule has 4 rings (SSSR count). The molecular formula is C23H12Cl4F4N2O2. The average Bonchev–Trinajstić information content (AvgIpc) is 3.36. The number of rotatable bonds is 5. The van der Waals surface area contributed by atoms with Crippen LogP contribution in [0, 0.1) is 29.2 Å². The van der Waals surface area contributed by atoms with E-state index in [0.29, 0.717) is 11.6 Å². The van der Waals surface area contributed by atoms with Gasteiger partial charge in [0, 0.05) is 17.7 Å². The van der Waals surface area contributed by atoms with Gasteiger partial charge in [0.2, 0.25) is 5.91 Å². The van der Waals surface area contributed by atoms with E-state index in [1.54, 1.807) is 0 Å². The topological polar surface area (TPSA) is 58.2 Å². The van der Waals surface area contributed by atoms with Crippen molar-refractivity contribution in [2.75, 3.05) is 10.6 Å². The molecule has 0 saturated heterocycles. The van der Waals surface area contributed by atoms with Crippen LogP contribution in [0.2, 0.25) is 10.0 Å². The molecule has 182 valence electrons. The van der Waals surface area contributed by atoms with Gasteiger partial charge in [-0.3, -0.25) is 9.59 Å². The molecule has 4 nitrogen and oxygen atoms in total. The molecule has 35 heavy (non-hydrogen) atoms. The number of halogens is 8. The Bertz CT molecular complexity index is 1370. The molecule has 0 spiro atoms. The Hall–Kier alpha value is -2.52. The summed E-state index contributed by atoms with van der Waals surface area (Å²) < 4.78 is 53.3. The Morgan fingerprint density at radius 1 is 0.829 bits per heavy atom. The van der Waals surface area contributed by atoms with E-state index >= 15 is 0 Å². The lowest BCUT2D eigenvalue weighted by atomic mass is 10.1. The van der Waals surface area contributed by atoms with Crippen LogP contribution >= 0.6 is 46.4 Å². The van der Waals surface area contributed by atoms with Crippen LogP contribution in [0.1, 0.15) is 21.8 Å². The molecule has 0 radical (unpaired) electrons. The van der Waals surface area contributed by atoms with Crippen LogP contribution < -0.4 is 10.6 Å². The monoisotopic (exact) mass is 564 g/mol. The van der Waals surface area contributed by atoms with Gasteiger partial charge in [-0.25, -0.2) is 17.6 Å². The highest BCUT2D eigenvalue weighted by atomic mass is 35.5. The van der Waals surface area contributed by atoms with Crippen LogP contribution in [-0.4, -0.2) is 16.1 Å². The van der Waals surface area contributed by atoms with Crippen LogP contribution in [0.5, 0.6) is 0 Å². The molecule has 2 N–H and O–H groups in total. The van der Waals surface area contributed by atoms with E-state index in [4.69, 9.17) is 46.4 Å². The van der Waals surface area contributed by atoms with Gasteiger partial charge in [-0.05, 0) is 42.0 Å². The summed E-state index contributed by atoms with van der Waals surface area (Å²) >= 11 is 24.2. The van der Waals surface area contributed by atoms with Crippen molar-refractivity contribution in [3.8, 4) is 0 Å². The molecule has 2 atom stereocenters. The summed E-state index contributed by atoms with van der Waals surface area (Å²) in [6.45, 7) is 0. The fraction of sp³-hybridized carbons (Fsp3) is 0.130. The summed E-state index contributed by atoms with van der Waals surface area (Å²) in [7, 11) is 0. The van der Waals surface area contributed by atoms with E-state index < -0.39 is 61.8 Å². The first kappa shape index (κ1) is 25.6.